The quantitative estimate of drug-likeness (QED) is 0.791. The molecule has 3 rings (SSSR count). The largest absolute Gasteiger partial charge is 0.334 e. The number of likely N-dealkylation sites (N-methyl/N-ethyl adjacent to an activating group) is 1. The van der Waals surface area contributed by atoms with Gasteiger partial charge in [-0.2, -0.15) is 4.98 Å². The summed E-state index contributed by atoms with van der Waals surface area (Å²) in [7, 11) is 3.64. The van der Waals surface area contributed by atoms with Crippen LogP contribution in [0.2, 0.25) is 0 Å². The smallest absolute Gasteiger partial charge is 0.258 e. The fraction of sp³-hybridized carbons (Fsp3) is 0.312. The van der Waals surface area contributed by atoms with E-state index in [0.29, 0.717) is 23.7 Å². The Labute approximate surface area is 139 Å². The molecule has 0 aliphatic rings. The predicted molar refractivity (Wildman–Crippen MR) is 92.0 cm³/mol. The maximum atomic E-state index is 12.1. The summed E-state index contributed by atoms with van der Waals surface area (Å²) in [6.45, 7) is 2.05. The molecule has 3 aromatic rings. The average Bonchev–Trinajstić information content (AvgIpc) is 2.99. The number of pyridine rings is 1. The Morgan fingerprint density at radius 2 is 2.09 bits per heavy atom. The van der Waals surface area contributed by atoms with Gasteiger partial charge in [0, 0.05) is 31.0 Å². The summed E-state index contributed by atoms with van der Waals surface area (Å²) in [6, 6.07) is 9.48. The van der Waals surface area contributed by atoms with Gasteiger partial charge in [-0.3, -0.25) is 4.79 Å². The van der Waals surface area contributed by atoms with E-state index in [2.05, 4.69) is 15.5 Å². The van der Waals surface area contributed by atoms with Crippen LogP contribution in [0.5, 0.6) is 0 Å². The molecule has 6 nitrogen and oxygen atoms in total. The number of hydrogen-bond donors (Lipinski definition) is 1. The summed E-state index contributed by atoms with van der Waals surface area (Å²) in [6.07, 6.45) is 0.669. The highest BCUT2D eigenvalue weighted by atomic mass is 35.5. The molecular weight excluding hydrogens is 316 g/mol. The topological polar surface area (TPSA) is 73.0 Å². The van der Waals surface area contributed by atoms with Crippen molar-refractivity contribution in [1.82, 2.24) is 20.0 Å². The third kappa shape index (κ3) is 3.28. The molecule has 1 N–H and O–H groups in total. The number of hydrogen-bond acceptors (Lipinski definition) is 5. The van der Waals surface area contributed by atoms with Crippen LogP contribution in [-0.4, -0.2) is 27.8 Å². The van der Waals surface area contributed by atoms with E-state index in [1.165, 1.54) is 0 Å². The van der Waals surface area contributed by atoms with E-state index in [1.54, 1.807) is 17.7 Å². The lowest BCUT2D eigenvalue weighted by molar-refractivity contribution is 0.418. The number of aromatic nitrogens is 3. The molecule has 7 heteroatoms. The monoisotopic (exact) mass is 334 g/mol. The van der Waals surface area contributed by atoms with E-state index in [1.807, 2.05) is 38.2 Å². The lowest BCUT2D eigenvalue weighted by Crippen LogP contribution is -2.24. The van der Waals surface area contributed by atoms with Crippen LogP contribution < -0.4 is 10.9 Å². The molecule has 0 bridgehead atoms. The van der Waals surface area contributed by atoms with Gasteiger partial charge in [0.15, 0.2) is 5.82 Å². The van der Waals surface area contributed by atoms with Gasteiger partial charge in [-0.1, -0.05) is 23.4 Å². The van der Waals surface area contributed by atoms with Crippen molar-refractivity contribution in [2.24, 2.45) is 7.05 Å². The molecule has 0 aliphatic carbocycles. The third-order valence-electron chi connectivity index (χ3n) is 3.83. The van der Waals surface area contributed by atoms with Crippen molar-refractivity contribution in [2.45, 2.75) is 19.4 Å². The first-order valence-electron chi connectivity index (χ1n) is 7.19. The van der Waals surface area contributed by atoms with Crippen molar-refractivity contribution >= 4 is 23.3 Å². The minimum Gasteiger partial charge on any atom is -0.334 e. The Balaban J connectivity index is 0.00000192. The second-order valence-electron chi connectivity index (χ2n) is 5.38. The number of rotatable bonds is 4. The fourth-order valence-corrected chi connectivity index (χ4v) is 2.41. The molecule has 2 heterocycles. The van der Waals surface area contributed by atoms with Crippen molar-refractivity contribution in [3.63, 3.8) is 0 Å². The van der Waals surface area contributed by atoms with E-state index in [9.17, 15) is 4.79 Å². The number of halogens is 1. The molecule has 23 heavy (non-hydrogen) atoms. The van der Waals surface area contributed by atoms with Gasteiger partial charge < -0.3 is 14.4 Å². The molecular formula is C16H19ClN4O2. The van der Waals surface area contributed by atoms with Crippen LogP contribution in [0.15, 0.2) is 39.6 Å². The van der Waals surface area contributed by atoms with E-state index in [4.69, 9.17) is 4.52 Å². The highest BCUT2D eigenvalue weighted by Crippen LogP contribution is 2.25. The molecule has 1 aromatic carbocycles. The van der Waals surface area contributed by atoms with Gasteiger partial charge in [-0.15, -0.1) is 12.4 Å². The van der Waals surface area contributed by atoms with Crippen molar-refractivity contribution in [1.29, 1.82) is 0 Å². The molecule has 0 amide bonds. The minimum atomic E-state index is -0.1000. The first-order valence-corrected chi connectivity index (χ1v) is 7.19. The standard InChI is InChI=1S/C16H18N4O2.ClH/c1-10(17-2)8-14-18-16(22-19-14)12-9-15(21)20(3)13-7-5-4-6-11(12)13;/h4-7,9-10,17H,8H2,1-3H3;1H. The van der Waals surface area contributed by atoms with Gasteiger partial charge >= 0.3 is 0 Å². The molecule has 0 spiro atoms. The molecule has 2 aromatic heterocycles. The van der Waals surface area contributed by atoms with Crippen LogP contribution in [0, 0.1) is 0 Å². The van der Waals surface area contributed by atoms with Gasteiger partial charge in [-0.05, 0) is 20.0 Å². The first-order chi connectivity index (χ1) is 10.6. The maximum absolute atomic E-state index is 12.1. The summed E-state index contributed by atoms with van der Waals surface area (Å²) >= 11 is 0. The zero-order valence-corrected chi connectivity index (χ0v) is 14.1. The number of para-hydroxylation sites is 1. The Morgan fingerprint density at radius 3 is 2.83 bits per heavy atom. The maximum Gasteiger partial charge on any atom is 0.258 e. The summed E-state index contributed by atoms with van der Waals surface area (Å²) in [5, 5.41) is 8.06. The lowest BCUT2D eigenvalue weighted by atomic mass is 10.1. The average molecular weight is 335 g/mol. The Hall–Kier alpha value is -2.18. The molecule has 0 fully saturated rings. The molecule has 0 saturated heterocycles. The van der Waals surface area contributed by atoms with Crippen LogP contribution in [-0.2, 0) is 13.5 Å². The van der Waals surface area contributed by atoms with Crippen molar-refractivity contribution in [3.8, 4) is 11.5 Å². The predicted octanol–water partition coefficient (Wildman–Crippen LogP) is 2.16. The number of benzene rings is 1. The number of aryl methyl sites for hydroxylation is 1. The van der Waals surface area contributed by atoms with Crippen LogP contribution >= 0.6 is 12.4 Å². The summed E-state index contributed by atoms with van der Waals surface area (Å²) < 4.78 is 6.97. The number of nitrogens with zero attached hydrogens (tertiary/aromatic N) is 3. The Bertz CT molecular complexity index is 872. The first kappa shape index (κ1) is 17.2. The van der Waals surface area contributed by atoms with Crippen LogP contribution in [0.1, 0.15) is 12.7 Å². The molecule has 0 aliphatic heterocycles. The summed E-state index contributed by atoms with van der Waals surface area (Å²) in [5.41, 5.74) is 1.42. The fourth-order valence-electron chi connectivity index (χ4n) is 2.41. The van der Waals surface area contributed by atoms with Crippen molar-refractivity contribution in [2.75, 3.05) is 7.05 Å². The van der Waals surface area contributed by atoms with Crippen LogP contribution in [0.4, 0.5) is 0 Å². The van der Waals surface area contributed by atoms with E-state index in [-0.39, 0.29) is 24.0 Å². The van der Waals surface area contributed by atoms with Gasteiger partial charge in [-0.25, -0.2) is 0 Å². The second-order valence-corrected chi connectivity index (χ2v) is 5.38. The van der Waals surface area contributed by atoms with Crippen molar-refractivity contribution in [3.05, 3.63) is 46.5 Å². The molecule has 1 unspecified atom stereocenters. The normalized spacial score (nSPS) is 12.1. The van der Waals surface area contributed by atoms with Crippen LogP contribution in [0.3, 0.4) is 0 Å². The van der Waals surface area contributed by atoms with Crippen molar-refractivity contribution < 1.29 is 4.52 Å². The van der Waals surface area contributed by atoms with Gasteiger partial charge in [0.1, 0.15) is 0 Å². The summed E-state index contributed by atoms with van der Waals surface area (Å²) in [5.74, 6) is 1.01. The second kappa shape index (κ2) is 6.93. The zero-order valence-electron chi connectivity index (χ0n) is 13.2. The Kier molecular flexibility index (Phi) is 5.18. The Morgan fingerprint density at radius 1 is 1.35 bits per heavy atom. The number of fused-ring (bicyclic) bond motifs is 1. The highest BCUT2D eigenvalue weighted by molar-refractivity contribution is 5.92. The van der Waals surface area contributed by atoms with E-state index < -0.39 is 0 Å². The number of nitrogens with one attached hydrogen (secondary N) is 1. The zero-order chi connectivity index (χ0) is 15.7. The summed E-state index contributed by atoms with van der Waals surface area (Å²) in [4.78, 5) is 16.5. The molecule has 0 saturated carbocycles. The molecule has 1 atom stereocenters. The minimum absolute atomic E-state index is 0. The van der Waals surface area contributed by atoms with Gasteiger partial charge in [0.2, 0.25) is 0 Å². The van der Waals surface area contributed by atoms with Crippen LogP contribution in [0.25, 0.3) is 22.4 Å². The highest BCUT2D eigenvalue weighted by Gasteiger charge is 2.15. The van der Waals surface area contributed by atoms with E-state index >= 15 is 0 Å². The lowest BCUT2D eigenvalue weighted by Gasteiger charge is -2.07. The molecule has 0 radical (unpaired) electrons. The van der Waals surface area contributed by atoms with Gasteiger partial charge in [0.25, 0.3) is 11.4 Å². The van der Waals surface area contributed by atoms with Gasteiger partial charge in [0.05, 0.1) is 11.1 Å². The SMILES string of the molecule is CNC(C)Cc1noc(-c2cc(=O)n(C)c3ccccc23)n1.Cl. The molecule has 122 valence electrons. The third-order valence-corrected chi connectivity index (χ3v) is 3.83. The van der Waals surface area contributed by atoms with E-state index in [0.717, 1.165) is 10.9 Å².